The van der Waals surface area contributed by atoms with Gasteiger partial charge in [-0.05, 0) is 49.8 Å². The van der Waals surface area contributed by atoms with E-state index >= 15 is 0 Å². The zero-order chi connectivity index (χ0) is 19.5. The molecule has 2 aliphatic rings. The molecule has 1 atom stereocenters. The lowest BCUT2D eigenvalue weighted by molar-refractivity contribution is -0.121. The van der Waals surface area contributed by atoms with Gasteiger partial charge in [0.15, 0.2) is 5.16 Å². The lowest BCUT2D eigenvalue weighted by atomic mass is 9.97. The van der Waals surface area contributed by atoms with Gasteiger partial charge in [0, 0.05) is 24.3 Å². The van der Waals surface area contributed by atoms with E-state index in [1.54, 1.807) is 23.4 Å². The van der Waals surface area contributed by atoms with Gasteiger partial charge in [-0.2, -0.15) is 0 Å². The molecule has 6 nitrogen and oxygen atoms in total. The fourth-order valence-corrected chi connectivity index (χ4v) is 5.08. The van der Waals surface area contributed by atoms with Crippen molar-refractivity contribution in [2.24, 2.45) is 0 Å². The molecule has 28 heavy (non-hydrogen) atoms. The van der Waals surface area contributed by atoms with Crippen molar-refractivity contribution < 1.29 is 9.53 Å². The van der Waals surface area contributed by atoms with Gasteiger partial charge in [-0.25, -0.2) is 4.98 Å². The number of rotatable bonds is 6. The third kappa shape index (κ3) is 3.94. The first kappa shape index (κ1) is 19.1. The van der Waals surface area contributed by atoms with Gasteiger partial charge in [0.05, 0.1) is 18.8 Å². The third-order valence-corrected chi connectivity index (χ3v) is 6.51. The van der Waals surface area contributed by atoms with Crippen molar-refractivity contribution in [2.75, 3.05) is 19.4 Å². The minimum Gasteiger partial charge on any atom is -0.497 e. The van der Waals surface area contributed by atoms with Crippen molar-refractivity contribution in [3.63, 3.8) is 0 Å². The van der Waals surface area contributed by atoms with Crippen LogP contribution in [-0.2, 0) is 24.1 Å². The van der Waals surface area contributed by atoms with Crippen molar-refractivity contribution in [2.45, 2.75) is 49.7 Å². The predicted molar refractivity (Wildman–Crippen MR) is 109 cm³/mol. The first-order valence-corrected chi connectivity index (χ1v) is 10.8. The van der Waals surface area contributed by atoms with E-state index in [0.29, 0.717) is 13.0 Å². The maximum absolute atomic E-state index is 12.9. The van der Waals surface area contributed by atoms with Gasteiger partial charge < -0.3 is 10.1 Å². The van der Waals surface area contributed by atoms with Gasteiger partial charge in [0.2, 0.25) is 5.91 Å². The maximum atomic E-state index is 12.9. The third-order valence-electron chi connectivity index (χ3n) is 5.41. The Bertz CT molecular complexity index is 941. The quantitative estimate of drug-likeness (QED) is 0.756. The molecule has 1 aliphatic carbocycles. The molecule has 148 valence electrons. The second-order valence-corrected chi connectivity index (χ2v) is 8.31. The molecule has 1 aromatic heterocycles. The van der Waals surface area contributed by atoms with E-state index in [-0.39, 0.29) is 17.5 Å². The predicted octanol–water partition coefficient (Wildman–Crippen LogP) is 2.53. The Morgan fingerprint density at radius 2 is 2.21 bits per heavy atom. The Labute approximate surface area is 168 Å². The van der Waals surface area contributed by atoms with Crippen LogP contribution in [0.3, 0.4) is 0 Å². The molecule has 0 bridgehead atoms. The first-order chi connectivity index (χ1) is 13.7. The lowest BCUT2D eigenvalue weighted by Crippen LogP contribution is -2.34. The average Bonchev–Trinajstić information content (AvgIpc) is 3.11. The van der Waals surface area contributed by atoms with Crippen molar-refractivity contribution in [3.8, 4) is 5.75 Å². The van der Waals surface area contributed by atoms with Gasteiger partial charge in [-0.1, -0.05) is 23.9 Å². The molecule has 0 saturated carbocycles. The van der Waals surface area contributed by atoms with E-state index in [4.69, 9.17) is 9.72 Å². The van der Waals surface area contributed by atoms with E-state index in [1.807, 2.05) is 24.3 Å². The van der Waals surface area contributed by atoms with Crippen LogP contribution in [-0.4, -0.2) is 34.9 Å². The Balaban J connectivity index is 1.37. The summed E-state index contributed by atoms with van der Waals surface area (Å²) in [5.41, 5.74) is 3.02. The average molecular weight is 400 g/mol. The van der Waals surface area contributed by atoms with Crippen LogP contribution in [0.25, 0.3) is 0 Å². The van der Waals surface area contributed by atoms with Crippen molar-refractivity contribution in [1.29, 1.82) is 0 Å². The number of aromatic nitrogens is 2. The second-order valence-electron chi connectivity index (χ2n) is 7.32. The van der Waals surface area contributed by atoms with Gasteiger partial charge in [-0.3, -0.25) is 14.2 Å². The molecule has 1 amide bonds. The van der Waals surface area contributed by atoms with Crippen LogP contribution >= 0.6 is 11.8 Å². The Morgan fingerprint density at radius 1 is 1.36 bits per heavy atom. The minimum atomic E-state index is -0.107. The molecule has 7 heteroatoms. The number of fused-ring (bicyclic) bond motifs is 2. The number of carbonyl (C=O) groups excluding carboxylic acids is 1. The summed E-state index contributed by atoms with van der Waals surface area (Å²) in [5.74, 6) is 1.53. The smallest absolute Gasteiger partial charge is 0.257 e. The van der Waals surface area contributed by atoms with E-state index in [2.05, 4.69) is 5.32 Å². The monoisotopic (exact) mass is 399 g/mol. The normalized spacial score (nSPS) is 17.7. The highest BCUT2D eigenvalue weighted by atomic mass is 32.2. The standard InChI is InChI=1S/C21H25N3O3S/c1-27-16-6-4-5-14(11-16)9-10-22-19(25)12-15-13-28-21-23-18-8-3-2-7-17(18)20(26)24(15)21/h4-6,11,15H,2-3,7-10,12-13H2,1H3,(H,22,25). The van der Waals surface area contributed by atoms with E-state index in [9.17, 15) is 9.59 Å². The minimum absolute atomic E-state index is 0.0223. The van der Waals surface area contributed by atoms with Crippen molar-refractivity contribution >= 4 is 17.7 Å². The molecule has 0 spiro atoms. The van der Waals surface area contributed by atoms with E-state index < -0.39 is 0 Å². The Kier molecular flexibility index (Phi) is 5.71. The molecule has 0 fully saturated rings. The summed E-state index contributed by atoms with van der Waals surface area (Å²) >= 11 is 1.59. The summed E-state index contributed by atoms with van der Waals surface area (Å²) in [4.78, 5) is 30.1. The van der Waals surface area contributed by atoms with Crippen LogP contribution < -0.4 is 15.6 Å². The number of benzene rings is 1. The Hall–Kier alpha value is -2.28. The number of hydrogen-bond donors (Lipinski definition) is 1. The second kappa shape index (κ2) is 8.39. The van der Waals surface area contributed by atoms with Crippen LogP contribution in [0.2, 0.25) is 0 Å². The highest BCUT2D eigenvalue weighted by Crippen LogP contribution is 2.33. The number of hydrogen-bond acceptors (Lipinski definition) is 5. The summed E-state index contributed by atoms with van der Waals surface area (Å²) in [5, 5.41) is 3.76. The van der Waals surface area contributed by atoms with Crippen LogP contribution in [0.1, 0.15) is 42.1 Å². The number of nitrogens with zero attached hydrogens (tertiary/aromatic N) is 2. The molecule has 1 N–H and O–H groups in total. The summed E-state index contributed by atoms with van der Waals surface area (Å²) in [6, 6.07) is 7.74. The number of nitrogens with one attached hydrogen (secondary N) is 1. The summed E-state index contributed by atoms with van der Waals surface area (Å²) in [7, 11) is 1.65. The summed E-state index contributed by atoms with van der Waals surface area (Å²) in [6.07, 6.45) is 4.92. The zero-order valence-corrected chi connectivity index (χ0v) is 16.9. The molecular formula is C21H25N3O3S. The molecule has 4 rings (SSSR count). The fraction of sp³-hybridized carbons (Fsp3) is 0.476. The maximum Gasteiger partial charge on any atom is 0.257 e. The van der Waals surface area contributed by atoms with Crippen LogP contribution in [0.5, 0.6) is 5.75 Å². The topological polar surface area (TPSA) is 73.2 Å². The largest absolute Gasteiger partial charge is 0.497 e. The number of carbonyl (C=O) groups is 1. The SMILES string of the molecule is COc1cccc(CCNC(=O)CC2CSc3nc4c(c(=O)n32)CCCC4)c1. The van der Waals surface area contributed by atoms with Gasteiger partial charge in [0.25, 0.3) is 5.56 Å². The van der Waals surface area contributed by atoms with Gasteiger partial charge >= 0.3 is 0 Å². The number of thioether (sulfide) groups is 1. The molecule has 2 aromatic rings. The molecule has 1 aliphatic heterocycles. The molecule has 2 heterocycles. The lowest BCUT2D eigenvalue weighted by Gasteiger charge is -2.18. The van der Waals surface area contributed by atoms with E-state index in [0.717, 1.165) is 65.6 Å². The molecule has 0 radical (unpaired) electrons. The zero-order valence-electron chi connectivity index (χ0n) is 16.1. The van der Waals surface area contributed by atoms with Crippen LogP contribution in [0, 0.1) is 0 Å². The molecule has 0 saturated heterocycles. The van der Waals surface area contributed by atoms with Crippen LogP contribution in [0.4, 0.5) is 0 Å². The molecule has 1 aromatic carbocycles. The number of methoxy groups -OCH3 is 1. The number of amides is 1. The van der Waals surface area contributed by atoms with Crippen LogP contribution in [0.15, 0.2) is 34.2 Å². The molecule has 1 unspecified atom stereocenters. The highest BCUT2D eigenvalue weighted by Gasteiger charge is 2.30. The Morgan fingerprint density at radius 3 is 3.07 bits per heavy atom. The fourth-order valence-electron chi connectivity index (χ4n) is 3.92. The van der Waals surface area contributed by atoms with Gasteiger partial charge in [-0.15, -0.1) is 0 Å². The highest BCUT2D eigenvalue weighted by molar-refractivity contribution is 7.99. The number of aryl methyl sites for hydroxylation is 1. The summed E-state index contributed by atoms with van der Waals surface area (Å²) in [6.45, 7) is 0.566. The van der Waals surface area contributed by atoms with Gasteiger partial charge in [0.1, 0.15) is 5.75 Å². The number of ether oxygens (including phenoxy) is 1. The van der Waals surface area contributed by atoms with Crippen molar-refractivity contribution in [3.05, 3.63) is 51.4 Å². The summed E-state index contributed by atoms with van der Waals surface area (Å²) < 4.78 is 6.99. The molecular weight excluding hydrogens is 374 g/mol. The first-order valence-electron chi connectivity index (χ1n) is 9.82. The van der Waals surface area contributed by atoms with Crippen molar-refractivity contribution in [1.82, 2.24) is 14.9 Å². The van der Waals surface area contributed by atoms with E-state index in [1.165, 1.54) is 0 Å².